The van der Waals surface area contributed by atoms with E-state index in [9.17, 15) is 9.59 Å². The molecule has 0 aliphatic rings. The first-order valence-corrected chi connectivity index (χ1v) is 8.26. The summed E-state index contributed by atoms with van der Waals surface area (Å²) >= 11 is 0. The van der Waals surface area contributed by atoms with Crippen molar-refractivity contribution >= 4 is 11.8 Å². The summed E-state index contributed by atoms with van der Waals surface area (Å²) in [6, 6.07) is 10.6. The highest BCUT2D eigenvalue weighted by atomic mass is 16.5. The third-order valence-electron chi connectivity index (χ3n) is 4.20. The number of aromatic nitrogens is 2. The Balaban J connectivity index is 1.74. The number of carbonyl (C=O) groups is 2. The van der Waals surface area contributed by atoms with Gasteiger partial charge in [-0.15, -0.1) is 0 Å². The number of rotatable bonds is 5. The molecule has 6 nitrogen and oxygen atoms in total. The average Bonchev–Trinajstić information content (AvgIpc) is 3.15. The molecule has 3 aromatic rings. The second-order valence-electron chi connectivity index (χ2n) is 6.28. The molecule has 0 saturated heterocycles. The summed E-state index contributed by atoms with van der Waals surface area (Å²) in [6.07, 6.45) is 0. The third-order valence-corrected chi connectivity index (χ3v) is 4.20. The first-order chi connectivity index (χ1) is 12.4. The van der Waals surface area contributed by atoms with Gasteiger partial charge in [-0.1, -0.05) is 22.9 Å². The standard InChI is InChI=1S/C20H20N2O4/c1-12-5-7-16(8-6-12)20(24)25-11-18(23)17-9-13(2)22(15(17)4)19-10-14(3)26-21-19/h5-10H,11H2,1-4H3. The molecule has 0 N–H and O–H groups in total. The molecule has 0 fully saturated rings. The van der Waals surface area contributed by atoms with Gasteiger partial charge in [0.05, 0.1) is 5.56 Å². The van der Waals surface area contributed by atoms with E-state index in [0.717, 1.165) is 17.0 Å². The van der Waals surface area contributed by atoms with Crippen LogP contribution in [0.25, 0.3) is 5.82 Å². The van der Waals surface area contributed by atoms with Crippen molar-refractivity contribution in [2.45, 2.75) is 27.7 Å². The third kappa shape index (κ3) is 3.44. The maximum Gasteiger partial charge on any atom is 0.338 e. The van der Waals surface area contributed by atoms with E-state index in [0.29, 0.717) is 22.7 Å². The zero-order chi connectivity index (χ0) is 18.8. The van der Waals surface area contributed by atoms with Crippen LogP contribution < -0.4 is 0 Å². The number of hydrogen-bond acceptors (Lipinski definition) is 5. The van der Waals surface area contributed by atoms with Gasteiger partial charge in [-0.05, 0) is 45.9 Å². The highest BCUT2D eigenvalue weighted by Crippen LogP contribution is 2.21. The van der Waals surface area contributed by atoms with Crippen LogP contribution in [0.2, 0.25) is 0 Å². The van der Waals surface area contributed by atoms with E-state index in [1.807, 2.05) is 37.5 Å². The van der Waals surface area contributed by atoms with Gasteiger partial charge in [0.2, 0.25) is 5.78 Å². The monoisotopic (exact) mass is 352 g/mol. The molecule has 3 rings (SSSR count). The molecule has 0 aliphatic heterocycles. The van der Waals surface area contributed by atoms with Crippen LogP contribution in [-0.2, 0) is 4.74 Å². The molecular formula is C20H20N2O4. The molecule has 2 heterocycles. The summed E-state index contributed by atoms with van der Waals surface area (Å²) in [5, 5.41) is 3.99. The van der Waals surface area contributed by atoms with Crippen molar-refractivity contribution < 1.29 is 18.8 Å². The second-order valence-corrected chi connectivity index (χ2v) is 6.28. The fourth-order valence-electron chi connectivity index (χ4n) is 2.84. The van der Waals surface area contributed by atoms with Crippen LogP contribution in [-0.4, -0.2) is 28.1 Å². The molecule has 0 atom stereocenters. The molecular weight excluding hydrogens is 332 g/mol. The molecule has 1 aromatic carbocycles. The van der Waals surface area contributed by atoms with Crippen molar-refractivity contribution in [3.8, 4) is 5.82 Å². The van der Waals surface area contributed by atoms with E-state index in [4.69, 9.17) is 9.26 Å². The van der Waals surface area contributed by atoms with Gasteiger partial charge < -0.3 is 9.26 Å². The summed E-state index contributed by atoms with van der Waals surface area (Å²) < 4.78 is 12.1. The topological polar surface area (TPSA) is 74.3 Å². The minimum Gasteiger partial charge on any atom is -0.454 e. The Bertz CT molecular complexity index is 964. The van der Waals surface area contributed by atoms with Crippen molar-refractivity contribution in [2.75, 3.05) is 6.61 Å². The Morgan fingerprint density at radius 3 is 2.38 bits per heavy atom. The number of hydrogen-bond donors (Lipinski definition) is 0. The van der Waals surface area contributed by atoms with Gasteiger partial charge >= 0.3 is 5.97 Å². The summed E-state index contributed by atoms with van der Waals surface area (Å²) in [5.74, 6) is 0.532. The lowest BCUT2D eigenvalue weighted by atomic mass is 10.1. The summed E-state index contributed by atoms with van der Waals surface area (Å²) in [5.41, 5.74) is 3.55. The molecule has 0 unspecified atom stereocenters. The largest absolute Gasteiger partial charge is 0.454 e. The van der Waals surface area contributed by atoms with Crippen LogP contribution >= 0.6 is 0 Å². The lowest BCUT2D eigenvalue weighted by molar-refractivity contribution is 0.0474. The Morgan fingerprint density at radius 1 is 1.08 bits per heavy atom. The van der Waals surface area contributed by atoms with Crippen LogP contribution in [0.5, 0.6) is 0 Å². The minimum absolute atomic E-state index is 0.259. The van der Waals surface area contributed by atoms with E-state index in [1.165, 1.54) is 0 Å². The zero-order valence-corrected chi connectivity index (χ0v) is 15.2. The molecule has 2 aromatic heterocycles. The quantitative estimate of drug-likeness (QED) is 0.516. The molecule has 0 radical (unpaired) electrons. The summed E-state index contributed by atoms with van der Waals surface area (Å²) in [7, 11) is 0. The van der Waals surface area contributed by atoms with Gasteiger partial charge in [0.15, 0.2) is 12.4 Å². The molecule has 0 spiro atoms. The van der Waals surface area contributed by atoms with E-state index < -0.39 is 5.97 Å². The fraction of sp³-hybridized carbons (Fsp3) is 0.250. The van der Waals surface area contributed by atoms with Gasteiger partial charge in [0.1, 0.15) is 5.76 Å². The van der Waals surface area contributed by atoms with E-state index in [-0.39, 0.29) is 12.4 Å². The number of esters is 1. The van der Waals surface area contributed by atoms with E-state index >= 15 is 0 Å². The fourth-order valence-corrected chi connectivity index (χ4v) is 2.84. The number of carbonyl (C=O) groups excluding carboxylic acids is 2. The van der Waals surface area contributed by atoms with Crippen LogP contribution in [0.15, 0.2) is 40.9 Å². The van der Waals surface area contributed by atoms with Gasteiger partial charge in [0.25, 0.3) is 0 Å². The lowest BCUT2D eigenvalue weighted by Gasteiger charge is -2.06. The number of aryl methyl sites for hydroxylation is 3. The van der Waals surface area contributed by atoms with Crippen molar-refractivity contribution in [3.63, 3.8) is 0 Å². The van der Waals surface area contributed by atoms with Crippen LogP contribution in [0.1, 0.15) is 43.4 Å². The number of ether oxygens (including phenoxy) is 1. The van der Waals surface area contributed by atoms with Gasteiger partial charge in [-0.25, -0.2) is 4.79 Å². The van der Waals surface area contributed by atoms with Crippen molar-refractivity contribution in [1.29, 1.82) is 0 Å². The average molecular weight is 352 g/mol. The second kappa shape index (κ2) is 7.00. The summed E-state index contributed by atoms with van der Waals surface area (Å²) in [4.78, 5) is 24.6. The van der Waals surface area contributed by atoms with Crippen LogP contribution in [0, 0.1) is 27.7 Å². The van der Waals surface area contributed by atoms with Crippen molar-refractivity contribution in [3.05, 3.63) is 70.2 Å². The molecule has 0 saturated carbocycles. The minimum atomic E-state index is -0.515. The van der Waals surface area contributed by atoms with Crippen LogP contribution in [0.3, 0.4) is 0 Å². The van der Waals surface area contributed by atoms with Gasteiger partial charge in [-0.2, -0.15) is 0 Å². The smallest absolute Gasteiger partial charge is 0.338 e. The highest BCUT2D eigenvalue weighted by Gasteiger charge is 2.20. The maximum absolute atomic E-state index is 12.5. The normalized spacial score (nSPS) is 10.8. The van der Waals surface area contributed by atoms with Gasteiger partial charge in [-0.3, -0.25) is 9.36 Å². The number of Topliss-reactive ketones (excluding diaryl/α,β-unsaturated/α-hetero) is 1. The first kappa shape index (κ1) is 17.7. The molecule has 26 heavy (non-hydrogen) atoms. The van der Waals surface area contributed by atoms with Crippen LogP contribution in [0.4, 0.5) is 0 Å². The van der Waals surface area contributed by atoms with Crippen molar-refractivity contribution in [2.24, 2.45) is 0 Å². The van der Waals surface area contributed by atoms with Crippen molar-refractivity contribution in [1.82, 2.24) is 9.72 Å². The Kier molecular flexibility index (Phi) is 4.75. The van der Waals surface area contributed by atoms with Gasteiger partial charge in [0, 0.05) is 23.0 Å². The lowest BCUT2D eigenvalue weighted by Crippen LogP contribution is -2.15. The van der Waals surface area contributed by atoms with E-state index in [1.54, 1.807) is 31.2 Å². The SMILES string of the molecule is Cc1ccc(C(=O)OCC(=O)c2cc(C)n(-c3cc(C)on3)c2C)cc1. The Hall–Kier alpha value is -3.15. The molecule has 6 heteroatoms. The predicted molar refractivity (Wildman–Crippen MR) is 95.8 cm³/mol. The highest BCUT2D eigenvalue weighted by molar-refractivity contribution is 6.00. The molecule has 0 aliphatic carbocycles. The first-order valence-electron chi connectivity index (χ1n) is 8.26. The Morgan fingerprint density at radius 2 is 1.77 bits per heavy atom. The zero-order valence-electron chi connectivity index (χ0n) is 15.2. The number of nitrogens with zero attached hydrogens (tertiary/aromatic N) is 2. The number of ketones is 1. The molecule has 0 amide bonds. The summed E-state index contributed by atoms with van der Waals surface area (Å²) in [6.45, 7) is 7.14. The number of benzene rings is 1. The molecule has 0 bridgehead atoms. The molecule has 134 valence electrons. The van der Waals surface area contributed by atoms with E-state index in [2.05, 4.69) is 5.16 Å². The Labute approximate surface area is 151 Å². The maximum atomic E-state index is 12.5. The predicted octanol–water partition coefficient (Wildman–Crippen LogP) is 3.74.